The zero-order valence-electron chi connectivity index (χ0n) is 14.3. The summed E-state index contributed by atoms with van der Waals surface area (Å²) >= 11 is 5.89. The Labute approximate surface area is 152 Å². The molecule has 0 N–H and O–H groups in total. The third-order valence-corrected chi connectivity index (χ3v) is 3.96. The van der Waals surface area contributed by atoms with E-state index in [1.165, 1.54) is 5.56 Å². The molecule has 0 saturated carbocycles. The van der Waals surface area contributed by atoms with Gasteiger partial charge < -0.3 is 9.26 Å². The summed E-state index contributed by atoms with van der Waals surface area (Å²) in [5.41, 5.74) is 2.07. The highest BCUT2D eigenvalue weighted by molar-refractivity contribution is 6.30. The van der Waals surface area contributed by atoms with Crippen LogP contribution in [0.4, 0.5) is 0 Å². The Hall–Kier alpha value is -2.37. The fourth-order valence-electron chi connectivity index (χ4n) is 2.37. The van der Waals surface area contributed by atoms with E-state index in [1.807, 2.05) is 62.5 Å². The van der Waals surface area contributed by atoms with Gasteiger partial charge in [-0.3, -0.25) is 4.90 Å². The van der Waals surface area contributed by atoms with Gasteiger partial charge in [-0.25, -0.2) is 0 Å². The zero-order valence-corrected chi connectivity index (χ0v) is 15.0. The van der Waals surface area contributed by atoms with Crippen LogP contribution in [-0.2, 0) is 6.54 Å². The molecule has 0 fully saturated rings. The van der Waals surface area contributed by atoms with E-state index < -0.39 is 0 Å². The summed E-state index contributed by atoms with van der Waals surface area (Å²) in [5.74, 6) is 2.02. The van der Waals surface area contributed by atoms with Gasteiger partial charge in [0.15, 0.2) is 0 Å². The third-order valence-electron chi connectivity index (χ3n) is 3.71. The first kappa shape index (κ1) is 17.5. The third kappa shape index (κ3) is 5.05. The van der Waals surface area contributed by atoms with E-state index in [1.54, 1.807) is 0 Å². The molecule has 1 aromatic heterocycles. The van der Waals surface area contributed by atoms with Crippen LogP contribution in [0.3, 0.4) is 0 Å². The number of halogens is 1. The molecule has 0 aliphatic heterocycles. The molecule has 6 heteroatoms. The van der Waals surface area contributed by atoms with E-state index in [0.29, 0.717) is 29.9 Å². The second kappa shape index (κ2) is 8.14. The number of hydrogen-bond acceptors (Lipinski definition) is 5. The van der Waals surface area contributed by atoms with Gasteiger partial charge in [0, 0.05) is 17.1 Å². The van der Waals surface area contributed by atoms with Crippen LogP contribution in [0.25, 0.3) is 11.4 Å². The lowest BCUT2D eigenvalue weighted by molar-refractivity contribution is 0.213. The number of hydrogen-bond donors (Lipinski definition) is 0. The van der Waals surface area contributed by atoms with Gasteiger partial charge in [0.25, 0.3) is 0 Å². The van der Waals surface area contributed by atoms with Crippen LogP contribution in [0.2, 0.25) is 5.02 Å². The monoisotopic (exact) mass is 357 g/mol. The van der Waals surface area contributed by atoms with Crippen molar-refractivity contribution >= 4 is 11.6 Å². The number of aryl methyl sites for hydroxylation is 1. The zero-order chi connectivity index (χ0) is 17.6. The second-order valence-electron chi connectivity index (χ2n) is 5.92. The molecular weight excluding hydrogens is 338 g/mol. The van der Waals surface area contributed by atoms with E-state index in [2.05, 4.69) is 15.0 Å². The van der Waals surface area contributed by atoms with Crippen LogP contribution in [0.15, 0.2) is 53.1 Å². The van der Waals surface area contributed by atoms with Gasteiger partial charge in [-0.15, -0.1) is 0 Å². The summed E-state index contributed by atoms with van der Waals surface area (Å²) < 4.78 is 11.1. The Kier molecular flexibility index (Phi) is 5.68. The van der Waals surface area contributed by atoms with Crippen LogP contribution in [0.1, 0.15) is 11.5 Å². The first-order chi connectivity index (χ1) is 12.1. The van der Waals surface area contributed by atoms with E-state index in [-0.39, 0.29) is 0 Å². The topological polar surface area (TPSA) is 51.4 Å². The molecule has 5 nitrogen and oxygen atoms in total. The summed E-state index contributed by atoms with van der Waals surface area (Å²) in [7, 11) is 1.99. The standard InChI is InChI=1S/C19H20ClN3O2/c1-14-4-3-5-17(12-14)24-11-10-23(2)13-18-21-19(22-25-18)15-6-8-16(20)9-7-15/h3-9,12H,10-11,13H2,1-2H3. The fraction of sp³-hybridized carbons (Fsp3) is 0.263. The molecule has 2 aromatic carbocycles. The molecule has 0 radical (unpaired) electrons. The minimum absolute atomic E-state index is 0.566. The van der Waals surface area contributed by atoms with Gasteiger partial charge in [-0.2, -0.15) is 4.98 Å². The van der Waals surface area contributed by atoms with Crippen molar-refractivity contribution in [1.82, 2.24) is 15.0 Å². The summed E-state index contributed by atoms with van der Waals surface area (Å²) in [6.45, 7) is 3.97. The molecule has 0 saturated heterocycles. The molecule has 0 bridgehead atoms. The van der Waals surface area contributed by atoms with Crippen molar-refractivity contribution in [2.75, 3.05) is 20.2 Å². The first-order valence-electron chi connectivity index (χ1n) is 8.07. The minimum Gasteiger partial charge on any atom is -0.492 e. The van der Waals surface area contributed by atoms with Gasteiger partial charge in [0.1, 0.15) is 12.4 Å². The minimum atomic E-state index is 0.566. The SMILES string of the molecule is Cc1cccc(OCCN(C)Cc2nc(-c3ccc(Cl)cc3)no2)c1. The molecule has 0 amide bonds. The maximum atomic E-state index is 5.89. The van der Waals surface area contributed by atoms with Gasteiger partial charge in [-0.1, -0.05) is 28.9 Å². The molecule has 25 heavy (non-hydrogen) atoms. The predicted molar refractivity (Wildman–Crippen MR) is 97.8 cm³/mol. The summed E-state index contributed by atoms with van der Waals surface area (Å²) in [4.78, 5) is 6.50. The molecule has 0 atom stereocenters. The van der Waals surface area contributed by atoms with Crippen molar-refractivity contribution in [1.29, 1.82) is 0 Å². The molecule has 3 aromatic rings. The van der Waals surface area contributed by atoms with E-state index in [4.69, 9.17) is 20.9 Å². The molecule has 3 rings (SSSR count). The predicted octanol–water partition coefficient (Wildman–Crippen LogP) is 4.21. The number of nitrogens with zero attached hydrogens (tertiary/aromatic N) is 3. The maximum absolute atomic E-state index is 5.89. The first-order valence-corrected chi connectivity index (χ1v) is 8.44. The maximum Gasteiger partial charge on any atom is 0.241 e. The van der Waals surface area contributed by atoms with Crippen LogP contribution in [-0.4, -0.2) is 35.2 Å². The normalized spacial score (nSPS) is 11.0. The summed E-state index contributed by atoms with van der Waals surface area (Å²) in [6, 6.07) is 15.4. The number of likely N-dealkylation sites (N-methyl/N-ethyl adjacent to an activating group) is 1. The molecular formula is C19H20ClN3O2. The highest BCUT2D eigenvalue weighted by Crippen LogP contribution is 2.19. The lowest BCUT2D eigenvalue weighted by Gasteiger charge is -2.14. The average Bonchev–Trinajstić information content (AvgIpc) is 3.04. The average molecular weight is 358 g/mol. The second-order valence-corrected chi connectivity index (χ2v) is 6.36. The molecule has 0 aliphatic carbocycles. The van der Waals surface area contributed by atoms with E-state index >= 15 is 0 Å². The van der Waals surface area contributed by atoms with Crippen LogP contribution in [0, 0.1) is 6.92 Å². The molecule has 130 valence electrons. The van der Waals surface area contributed by atoms with Crippen molar-refractivity contribution in [3.63, 3.8) is 0 Å². The Bertz CT molecular complexity index is 818. The lowest BCUT2D eigenvalue weighted by Crippen LogP contribution is -2.24. The Morgan fingerprint density at radius 2 is 1.96 bits per heavy atom. The van der Waals surface area contributed by atoms with Crippen molar-refractivity contribution in [3.05, 3.63) is 65.0 Å². The highest BCUT2D eigenvalue weighted by atomic mass is 35.5. The Morgan fingerprint density at radius 3 is 2.72 bits per heavy atom. The Morgan fingerprint density at radius 1 is 1.16 bits per heavy atom. The van der Waals surface area contributed by atoms with E-state index in [9.17, 15) is 0 Å². The molecule has 0 spiro atoms. The lowest BCUT2D eigenvalue weighted by atomic mass is 10.2. The molecule has 0 aliphatic rings. The quantitative estimate of drug-likeness (QED) is 0.634. The number of benzene rings is 2. The van der Waals surface area contributed by atoms with Crippen molar-refractivity contribution in [2.45, 2.75) is 13.5 Å². The van der Waals surface area contributed by atoms with Gasteiger partial charge >= 0.3 is 0 Å². The largest absolute Gasteiger partial charge is 0.492 e. The van der Waals surface area contributed by atoms with Gasteiger partial charge in [0.2, 0.25) is 11.7 Å². The van der Waals surface area contributed by atoms with Gasteiger partial charge in [0.05, 0.1) is 6.54 Å². The number of rotatable bonds is 7. The van der Waals surface area contributed by atoms with Crippen LogP contribution < -0.4 is 4.74 Å². The van der Waals surface area contributed by atoms with Crippen molar-refractivity contribution in [3.8, 4) is 17.1 Å². The molecule has 0 unspecified atom stereocenters. The van der Waals surface area contributed by atoms with Crippen LogP contribution in [0.5, 0.6) is 5.75 Å². The van der Waals surface area contributed by atoms with Crippen molar-refractivity contribution in [2.24, 2.45) is 0 Å². The van der Waals surface area contributed by atoms with Crippen molar-refractivity contribution < 1.29 is 9.26 Å². The summed E-state index contributed by atoms with van der Waals surface area (Å²) in [6.07, 6.45) is 0. The number of aromatic nitrogens is 2. The fourth-order valence-corrected chi connectivity index (χ4v) is 2.50. The van der Waals surface area contributed by atoms with Gasteiger partial charge in [-0.05, 0) is 55.9 Å². The highest BCUT2D eigenvalue weighted by Gasteiger charge is 2.11. The Balaban J connectivity index is 1.49. The smallest absolute Gasteiger partial charge is 0.241 e. The van der Waals surface area contributed by atoms with Crippen LogP contribution >= 0.6 is 11.6 Å². The number of ether oxygens (including phenoxy) is 1. The van der Waals surface area contributed by atoms with E-state index in [0.717, 1.165) is 17.9 Å². The summed E-state index contributed by atoms with van der Waals surface area (Å²) in [5, 5.41) is 4.70. The molecule has 1 heterocycles.